The Hall–Kier alpha value is -2.37. The van der Waals surface area contributed by atoms with E-state index in [-0.39, 0.29) is 0 Å². The molecule has 0 amide bonds. The predicted molar refractivity (Wildman–Crippen MR) is 99.0 cm³/mol. The van der Waals surface area contributed by atoms with Crippen LogP contribution < -0.4 is 9.47 Å². The molecular weight excluding hydrogens is 330 g/mol. The normalized spacial score (nSPS) is 20.2. The van der Waals surface area contributed by atoms with E-state index >= 15 is 0 Å². The number of imidazole rings is 1. The summed E-state index contributed by atoms with van der Waals surface area (Å²) >= 11 is 0. The number of hydrogen-bond donors (Lipinski definition) is 0. The minimum atomic E-state index is 0.389. The van der Waals surface area contributed by atoms with E-state index in [9.17, 15) is 4.79 Å². The first-order valence-corrected chi connectivity index (χ1v) is 9.27. The molecule has 26 heavy (non-hydrogen) atoms. The van der Waals surface area contributed by atoms with E-state index in [0.29, 0.717) is 41.5 Å². The minimum absolute atomic E-state index is 0.389. The summed E-state index contributed by atoms with van der Waals surface area (Å²) in [7, 11) is 1.53. The average Bonchev–Trinajstić information content (AvgIpc) is 3.16. The third kappa shape index (κ3) is 3.74. The van der Waals surface area contributed by atoms with Gasteiger partial charge in [0, 0.05) is 29.8 Å². The van der Waals surface area contributed by atoms with Crippen LogP contribution >= 0.6 is 0 Å². The van der Waals surface area contributed by atoms with Gasteiger partial charge >= 0.3 is 0 Å². The number of methoxy groups -OCH3 is 1. The van der Waals surface area contributed by atoms with Crippen LogP contribution in [-0.2, 0) is 0 Å². The van der Waals surface area contributed by atoms with Gasteiger partial charge in [0.05, 0.1) is 32.4 Å². The van der Waals surface area contributed by atoms with Crippen molar-refractivity contribution in [2.45, 2.75) is 51.5 Å². The number of nitrogens with zero attached hydrogens (tertiary/aromatic N) is 3. The Balaban J connectivity index is 1.78. The minimum Gasteiger partial charge on any atom is -0.494 e. The van der Waals surface area contributed by atoms with Gasteiger partial charge in [0.2, 0.25) is 0 Å². The van der Waals surface area contributed by atoms with Crippen molar-refractivity contribution >= 4 is 6.29 Å². The fraction of sp³-hybridized carbons (Fsp3) is 0.550. The van der Waals surface area contributed by atoms with Crippen LogP contribution in [0, 0.1) is 5.92 Å². The second-order valence-electron chi connectivity index (χ2n) is 7.15. The highest BCUT2D eigenvalue weighted by Crippen LogP contribution is 2.39. The molecule has 0 aliphatic heterocycles. The molecule has 0 N–H and O–H groups in total. The van der Waals surface area contributed by atoms with Crippen molar-refractivity contribution in [2.24, 2.45) is 5.92 Å². The van der Waals surface area contributed by atoms with Crippen molar-refractivity contribution in [3.63, 3.8) is 0 Å². The molecule has 0 radical (unpaired) electrons. The van der Waals surface area contributed by atoms with E-state index < -0.39 is 0 Å². The first kappa shape index (κ1) is 18.4. The predicted octanol–water partition coefficient (Wildman–Crippen LogP) is 4.03. The Morgan fingerprint density at radius 1 is 1.19 bits per heavy atom. The summed E-state index contributed by atoms with van der Waals surface area (Å²) in [5.41, 5.74) is 1.70. The molecule has 1 saturated carbocycles. The molecule has 2 atom stereocenters. The van der Waals surface area contributed by atoms with Gasteiger partial charge in [-0.15, -0.1) is 0 Å². The Bertz CT molecular complexity index is 742. The summed E-state index contributed by atoms with van der Waals surface area (Å²) in [4.78, 5) is 19.9. The fourth-order valence-corrected chi connectivity index (χ4v) is 3.85. The number of rotatable bonds is 7. The topological polar surface area (TPSA) is 66.2 Å². The van der Waals surface area contributed by atoms with Crippen LogP contribution in [-0.4, -0.2) is 34.5 Å². The summed E-state index contributed by atoms with van der Waals surface area (Å²) in [6.07, 6.45) is 12.5. The Labute approximate surface area is 154 Å². The fourth-order valence-electron chi connectivity index (χ4n) is 3.85. The lowest BCUT2D eigenvalue weighted by Crippen LogP contribution is -2.26. The molecule has 2 aromatic heterocycles. The molecule has 3 rings (SSSR count). The van der Waals surface area contributed by atoms with E-state index in [1.165, 1.54) is 31.8 Å². The second-order valence-corrected chi connectivity index (χ2v) is 7.15. The zero-order valence-electron chi connectivity index (χ0n) is 15.7. The highest BCUT2D eigenvalue weighted by atomic mass is 16.5. The van der Waals surface area contributed by atoms with Crippen LogP contribution in [0.3, 0.4) is 0 Å². The van der Waals surface area contributed by atoms with Crippen molar-refractivity contribution in [2.75, 3.05) is 13.7 Å². The van der Waals surface area contributed by atoms with Crippen molar-refractivity contribution in [3.05, 3.63) is 36.2 Å². The molecule has 6 heteroatoms. The van der Waals surface area contributed by atoms with Crippen molar-refractivity contribution < 1.29 is 14.3 Å². The van der Waals surface area contributed by atoms with Crippen LogP contribution in [0.4, 0.5) is 0 Å². The lowest BCUT2D eigenvalue weighted by atomic mass is 9.78. The van der Waals surface area contributed by atoms with Gasteiger partial charge < -0.3 is 14.0 Å². The Morgan fingerprint density at radius 2 is 1.96 bits per heavy atom. The number of aromatic nitrogens is 3. The maximum atomic E-state index is 11.4. The van der Waals surface area contributed by atoms with E-state index in [1.54, 1.807) is 6.20 Å². The smallest absolute Gasteiger partial charge is 0.157 e. The van der Waals surface area contributed by atoms with Crippen LogP contribution in [0.1, 0.15) is 67.5 Å². The highest BCUT2D eigenvalue weighted by molar-refractivity contribution is 5.83. The van der Waals surface area contributed by atoms with Gasteiger partial charge in [-0.2, -0.15) is 0 Å². The monoisotopic (exact) mass is 357 g/mol. The molecule has 6 nitrogen and oxygen atoms in total. The van der Waals surface area contributed by atoms with Gasteiger partial charge in [-0.25, -0.2) is 4.98 Å². The van der Waals surface area contributed by atoms with Gasteiger partial charge in [0.15, 0.2) is 17.8 Å². The van der Waals surface area contributed by atoms with Crippen LogP contribution in [0.15, 0.2) is 24.9 Å². The maximum absolute atomic E-state index is 11.4. The van der Waals surface area contributed by atoms with E-state index in [1.807, 2.05) is 12.5 Å². The summed E-state index contributed by atoms with van der Waals surface area (Å²) < 4.78 is 13.5. The van der Waals surface area contributed by atoms with E-state index in [4.69, 9.17) is 9.47 Å². The molecule has 0 bridgehead atoms. The van der Waals surface area contributed by atoms with Gasteiger partial charge in [0.25, 0.3) is 0 Å². The van der Waals surface area contributed by atoms with E-state index in [0.717, 1.165) is 19.1 Å². The number of aldehydes is 1. The number of pyridine rings is 1. The third-order valence-corrected chi connectivity index (χ3v) is 5.25. The van der Waals surface area contributed by atoms with Gasteiger partial charge in [0.1, 0.15) is 5.56 Å². The van der Waals surface area contributed by atoms with Crippen LogP contribution in [0.25, 0.3) is 0 Å². The first-order chi connectivity index (χ1) is 12.7. The third-order valence-electron chi connectivity index (χ3n) is 5.25. The summed E-state index contributed by atoms with van der Waals surface area (Å²) in [6.45, 7) is 4.92. The molecule has 0 aromatic carbocycles. The molecule has 1 fully saturated rings. The van der Waals surface area contributed by atoms with E-state index in [2.05, 4.69) is 28.4 Å². The summed E-state index contributed by atoms with van der Waals surface area (Å²) in [6, 6.07) is 0.389. The Morgan fingerprint density at radius 3 is 2.69 bits per heavy atom. The summed E-state index contributed by atoms with van der Waals surface area (Å²) in [5, 5.41) is 0. The first-order valence-electron chi connectivity index (χ1n) is 9.27. The number of hydrogen-bond acceptors (Lipinski definition) is 5. The summed E-state index contributed by atoms with van der Waals surface area (Å²) in [5.74, 6) is 1.74. The molecule has 0 spiro atoms. The molecule has 2 unspecified atom stereocenters. The van der Waals surface area contributed by atoms with Crippen molar-refractivity contribution in [3.8, 4) is 11.5 Å². The van der Waals surface area contributed by atoms with Crippen molar-refractivity contribution in [1.29, 1.82) is 0 Å². The second kappa shape index (κ2) is 8.34. The average molecular weight is 357 g/mol. The maximum Gasteiger partial charge on any atom is 0.157 e. The molecular formula is C20H27N3O3. The molecule has 2 heterocycles. The van der Waals surface area contributed by atoms with Gasteiger partial charge in [-0.05, 0) is 26.7 Å². The van der Waals surface area contributed by atoms with Crippen LogP contribution in [0.2, 0.25) is 0 Å². The SMILES string of the molecule is COc1cncc(OCC2CCCCC2c2cncn2C(C)C)c1C=O. The molecule has 1 aliphatic carbocycles. The molecule has 140 valence electrons. The standard InChI is InChI=1S/C20H27N3O3/c1-14(2)23-13-22-8-18(23)16-7-5-4-6-15(16)12-26-20-10-21-9-19(25-3)17(20)11-24/h8-11,13-16H,4-7,12H2,1-3H3. The van der Waals surface area contributed by atoms with Crippen molar-refractivity contribution in [1.82, 2.24) is 14.5 Å². The lowest BCUT2D eigenvalue weighted by Gasteiger charge is -2.32. The van der Waals surface area contributed by atoms with Crippen LogP contribution in [0.5, 0.6) is 11.5 Å². The zero-order valence-corrected chi connectivity index (χ0v) is 15.7. The number of ether oxygens (including phenoxy) is 2. The Kier molecular flexibility index (Phi) is 5.91. The number of carbonyl (C=O) groups is 1. The molecule has 2 aromatic rings. The molecule has 0 saturated heterocycles. The van der Waals surface area contributed by atoms with Gasteiger partial charge in [-0.3, -0.25) is 9.78 Å². The zero-order chi connectivity index (χ0) is 18.5. The highest BCUT2D eigenvalue weighted by Gasteiger charge is 2.30. The lowest BCUT2D eigenvalue weighted by molar-refractivity contribution is 0.111. The van der Waals surface area contributed by atoms with Gasteiger partial charge in [-0.1, -0.05) is 12.8 Å². The largest absolute Gasteiger partial charge is 0.494 e. The molecule has 1 aliphatic rings. The number of carbonyl (C=O) groups excluding carboxylic acids is 1. The quantitative estimate of drug-likeness (QED) is 0.700.